The predicted octanol–water partition coefficient (Wildman–Crippen LogP) is 2.05. The van der Waals surface area contributed by atoms with Gasteiger partial charge in [0.15, 0.2) is 0 Å². The van der Waals surface area contributed by atoms with E-state index in [1.54, 1.807) is 17.9 Å². The van der Waals surface area contributed by atoms with E-state index in [0.29, 0.717) is 11.6 Å². The molecule has 88 valence electrons. The average molecular weight is 286 g/mol. The van der Waals surface area contributed by atoms with Crippen LogP contribution in [-0.4, -0.2) is 33.7 Å². The van der Waals surface area contributed by atoms with Crippen molar-refractivity contribution in [3.8, 4) is 0 Å². The van der Waals surface area contributed by atoms with Crippen LogP contribution in [0.4, 0.5) is 0 Å². The van der Waals surface area contributed by atoms with E-state index < -0.39 is 0 Å². The zero-order chi connectivity index (χ0) is 11.7. The van der Waals surface area contributed by atoms with Gasteiger partial charge in [-0.25, -0.2) is 0 Å². The monoisotopic (exact) mass is 285 g/mol. The fourth-order valence-corrected chi connectivity index (χ4v) is 2.69. The Labute approximate surface area is 104 Å². The molecule has 5 heteroatoms. The van der Waals surface area contributed by atoms with Gasteiger partial charge in [0.1, 0.15) is 5.69 Å². The molecule has 2 rings (SSSR count). The number of carbonyl (C=O) groups excluding carboxylic acids is 1. The summed E-state index contributed by atoms with van der Waals surface area (Å²) in [5.41, 5.74) is 0.647. The van der Waals surface area contributed by atoms with Crippen LogP contribution in [0.2, 0.25) is 0 Å². The van der Waals surface area contributed by atoms with Crippen molar-refractivity contribution in [1.82, 2.24) is 14.7 Å². The number of hydrogen-bond donors (Lipinski definition) is 0. The highest BCUT2D eigenvalue weighted by atomic mass is 79.9. The minimum absolute atomic E-state index is 0.0819. The summed E-state index contributed by atoms with van der Waals surface area (Å²) < 4.78 is 2.41. The van der Waals surface area contributed by atoms with Crippen LogP contribution in [0.15, 0.2) is 10.7 Å². The van der Waals surface area contributed by atoms with Gasteiger partial charge in [0, 0.05) is 20.1 Å². The molecule has 0 aromatic carbocycles. The Morgan fingerprint density at radius 1 is 1.62 bits per heavy atom. The number of nitrogens with zero attached hydrogens (tertiary/aromatic N) is 3. The molecule has 0 radical (unpaired) electrons. The second-order valence-corrected chi connectivity index (χ2v) is 5.32. The summed E-state index contributed by atoms with van der Waals surface area (Å²) in [5, 5.41) is 4.07. The number of rotatable bonds is 1. The lowest BCUT2D eigenvalue weighted by molar-refractivity contribution is 0.0671. The maximum Gasteiger partial charge on any atom is 0.273 e. The molecule has 0 bridgehead atoms. The van der Waals surface area contributed by atoms with Crippen molar-refractivity contribution in [1.29, 1.82) is 0 Å². The number of likely N-dealkylation sites (tertiary alicyclic amines) is 1. The van der Waals surface area contributed by atoms with Crippen molar-refractivity contribution in [2.75, 3.05) is 13.1 Å². The number of aryl methyl sites for hydroxylation is 1. The molecule has 1 aromatic rings. The quantitative estimate of drug-likeness (QED) is 0.792. The molecule has 1 amide bonds. The maximum absolute atomic E-state index is 12.3. The lowest BCUT2D eigenvalue weighted by atomic mass is 10.00. The maximum atomic E-state index is 12.3. The van der Waals surface area contributed by atoms with Crippen LogP contribution in [0.25, 0.3) is 0 Å². The normalized spacial score (nSPS) is 21.2. The molecule has 1 aliphatic rings. The summed E-state index contributed by atoms with van der Waals surface area (Å²) in [6, 6.07) is 0. The molecule has 1 saturated heterocycles. The molecule has 0 N–H and O–H groups in total. The van der Waals surface area contributed by atoms with Crippen molar-refractivity contribution < 1.29 is 4.79 Å². The molecule has 1 aromatic heterocycles. The van der Waals surface area contributed by atoms with Crippen LogP contribution in [0, 0.1) is 5.92 Å². The van der Waals surface area contributed by atoms with Gasteiger partial charge in [-0.3, -0.25) is 9.48 Å². The molecule has 16 heavy (non-hydrogen) atoms. The van der Waals surface area contributed by atoms with E-state index in [2.05, 4.69) is 28.0 Å². The standard InChI is InChI=1S/C11H16BrN3O/c1-8-4-3-5-15(7-8)11(16)10-9(12)6-13-14(10)2/h6,8H,3-5,7H2,1-2H3/t8-/m1/s1. The average Bonchev–Trinajstić information content (AvgIpc) is 2.58. The van der Waals surface area contributed by atoms with Crippen molar-refractivity contribution in [3.05, 3.63) is 16.4 Å². The van der Waals surface area contributed by atoms with E-state index in [-0.39, 0.29) is 5.91 Å². The molecule has 2 heterocycles. The van der Waals surface area contributed by atoms with Gasteiger partial charge in [0.05, 0.1) is 10.7 Å². The van der Waals surface area contributed by atoms with Crippen LogP contribution in [-0.2, 0) is 7.05 Å². The molecule has 4 nitrogen and oxygen atoms in total. The van der Waals surface area contributed by atoms with Crippen LogP contribution < -0.4 is 0 Å². The summed E-state index contributed by atoms with van der Waals surface area (Å²) in [6.45, 7) is 3.91. The van der Waals surface area contributed by atoms with Crippen LogP contribution in [0.5, 0.6) is 0 Å². The Morgan fingerprint density at radius 2 is 2.38 bits per heavy atom. The summed E-state index contributed by atoms with van der Waals surface area (Å²) in [5.74, 6) is 0.683. The predicted molar refractivity (Wildman–Crippen MR) is 65.2 cm³/mol. The van der Waals surface area contributed by atoms with Crippen molar-refractivity contribution in [2.24, 2.45) is 13.0 Å². The van der Waals surface area contributed by atoms with Crippen molar-refractivity contribution in [3.63, 3.8) is 0 Å². The van der Waals surface area contributed by atoms with Crippen LogP contribution >= 0.6 is 15.9 Å². The Balaban J connectivity index is 2.18. The lowest BCUT2D eigenvalue weighted by Gasteiger charge is -2.30. The van der Waals surface area contributed by atoms with E-state index in [1.165, 1.54) is 6.42 Å². The minimum atomic E-state index is 0.0819. The second-order valence-electron chi connectivity index (χ2n) is 4.46. The molecule has 1 fully saturated rings. The Hall–Kier alpha value is -0.840. The van der Waals surface area contributed by atoms with E-state index >= 15 is 0 Å². The largest absolute Gasteiger partial charge is 0.337 e. The third-order valence-electron chi connectivity index (χ3n) is 3.04. The summed E-state index contributed by atoms with van der Waals surface area (Å²) in [7, 11) is 1.80. The highest BCUT2D eigenvalue weighted by molar-refractivity contribution is 9.10. The summed E-state index contributed by atoms with van der Waals surface area (Å²) in [6.07, 6.45) is 3.99. The number of aromatic nitrogens is 2. The number of amides is 1. The third-order valence-corrected chi connectivity index (χ3v) is 3.62. The van der Waals surface area contributed by atoms with Gasteiger partial charge >= 0.3 is 0 Å². The van der Waals surface area contributed by atoms with E-state index in [1.807, 2.05) is 4.90 Å². The molecule has 1 aliphatic heterocycles. The van der Waals surface area contributed by atoms with Gasteiger partial charge in [-0.2, -0.15) is 5.10 Å². The highest BCUT2D eigenvalue weighted by Crippen LogP contribution is 2.21. The van der Waals surface area contributed by atoms with E-state index in [9.17, 15) is 4.79 Å². The second kappa shape index (κ2) is 4.57. The van der Waals surface area contributed by atoms with E-state index in [4.69, 9.17) is 0 Å². The van der Waals surface area contributed by atoms with Gasteiger partial charge in [-0.1, -0.05) is 6.92 Å². The molecule has 0 aliphatic carbocycles. The summed E-state index contributed by atoms with van der Waals surface area (Å²) >= 11 is 3.37. The van der Waals surface area contributed by atoms with Gasteiger partial charge < -0.3 is 4.90 Å². The zero-order valence-electron chi connectivity index (χ0n) is 9.61. The molecule has 0 spiro atoms. The van der Waals surface area contributed by atoms with Crippen LogP contribution in [0.1, 0.15) is 30.3 Å². The fourth-order valence-electron chi connectivity index (χ4n) is 2.17. The first-order chi connectivity index (χ1) is 7.59. The first-order valence-electron chi connectivity index (χ1n) is 5.56. The minimum Gasteiger partial charge on any atom is -0.337 e. The molecular weight excluding hydrogens is 270 g/mol. The van der Waals surface area contributed by atoms with Crippen LogP contribution in [0.3, 0.4) is 0 Å². The lowest BCUT2D eigenvalue weighted by Crippen LogP contribution is -2.40. The third kappa shape index (κ3) is 2.14. The van der Waals surface area contributed by atoms with Gasteiger partial charge in [-0.05, 0) is 34.7 Å². The smallest absolute Gasteiger partial charge is 0.273 e. The summed E-state index contributed by atoms with van der Waals surface area (Å²) in [4.78, 5) is 14.2. The Bertz CT molecular complexity index is 382. The number of piperidine rings is 1. The fraction of sp³-hybridized carbons (Fsp3) is 0.636. The number of carbonyl (C=O) groups is 1. The topological polar surface area (TPSA) is 38.1 Å². The Kier molecular flexibility index (Phi) is 3.33. The first kappa shape index (κ1) is 11.6. The van der Waals surface area contributed by atoms with Gasteiger partial charge in [-0.15, -0.1) is 0 Å². The molecular formula is C11H16BrN3O. The number of halogens is 1. The van der Waals surface area contributed by atoms with Crippen molar-refractivity contribution >= 4 is 21.8 Å². The first-order valence-corrected chi connectivity index (χ1v) is 6.35. The highest BCUT2D eigenvalue weighted by Gasteiger charge is 2.25. The zero-order valence-corrected chi connectivity index (χ0v) is 11.2. The Morgan fingerprint density at radius 3 is 2.94 bits per heavy atom. The molecule has 1 atom stereocenters. The number of hydrogen-bond acceptors (Lipinski definition) is 2. The molecule has 0 unspecified atom stereocenters. The van der Waals surface area contributed by atoms with Gasteiger partial charge in [0.25, 0.3) is 5.91 Å². The van der Waals surface area contributed by atoms with Gasteiger partial charge in [0.2, 0.25) is 0 Å². The molecule has 0 saturated carbocycles. The van der Waals surface area contributed by atoms with Crippen molar-refractivity contribution in [2.45, 2.75) is 19.8 Å². The van der Waals surface area contributed by atoms with E-state index in [0.717, 1.165) is 24.0 Å². The SMILES string of the molecule is C[C@@H]1CCCN(C(=O)c2c(Br)cnn2C)C1.